The SMILES string of the molecule is CC(Cc1ccc(Cl)cc1)N(C)C(=O)[C@@H]1CC[C@H](CN)O1. The number of carbonyl (C=O) groups is 1. The number of likely N-dealkylation sites (N-methyl/N-ethyl adjacent to an activating group) is 1. The van der Waals surface area contributed by atoms with Crippen molar-refractivity contribution in [1.82, 2.24) is 4.90 Å². The maximum absolute atomic E-state index is 12.4. The molecule has 2 rings (SSSR count). The zero-order valence-electron chi connectivity index (χ0n) is 12.6. The van der Waals surface area contributed by atoms with Crippen LogP contribution in [0.3, 0.4) is 0 Å². The van der Waals surface area contributed by atoms with E-state index in [1.807, 2.05) is 38.2 Å². The second-order valence-electron chi connectivity index (χ2n) is 5.69. The molecule has 1 fully saturated rings. The van der Waals surface area contributed by atoms with Crippen molar-refractivity contribution in [2.75, 3.05) is 13.6 Å². The van der Waals surface area contributed by atoms with Gasteiger partial charge < -0.3 is 15.4 Å². The molecular weight excluding hydrogens is 288 g/mol. The van der Waals surface area contributed by atoms with Crippen LogP contribution in [0.1, 0.15) is 25.3 Å². The second kappa shape index (κ2) is 7.25. The number of hydrogen-bond donors (Lipinski definition) is 1. The number of amides is 1. The second-order valence-corrected chi connectivity index (χ2v) is 6.12. The monoisotopic (exact) mass is 310 g/mol. The molecule has 3 atom stereocenters. The molecule has 4 nitrogen and oxygen atoms in total. The van der Waals surface area contributed by atoms with E-state index in [1.165, 1.54) is 5.56 Å². The highest BCUT2D eigenvalue weighted by Gasteiger charge is 2.33. The number of ether oxygens (including phenoxy) is 1. The number of hydrogen-bond acceptors (Lipinski definition) is 3. The summed E-state index contributed by atoms with van der Waals surface area (Å²) in [5.41, 5.74) is 6.75. The molecule has 0 bridgehead atoms. The van der Waals surface area contributed by atoms with Gasteiger partial charge in [-0.1, -0.05) is 23.7 Å². The molecule has 1 unspecified atom stereocenters. The van der Waals surface area contributed by atoms with Gasteiger partial charge in [0.2, 0.25) is 0 Å². The molecule has 1 aliphatic heterocycles. The molecule has 1 aliphatic rings. The topological polar surface area (TPSA) is 55.6 Å². The molecule has 0 saturated carbocycles. The summed E-state index contributed by atoms with van der Waals surface area (Å²) < 4.78 is 5.68. The third-order valence-corrected chi connectivity index (χ3v) is 4.35. The average molecular weight is 311 g/mol. The van der Waals surface area contributed by atoms with Gasteiger partial charge in [-0.15, -0.1) is 0 Å². The van der Waals surface area contributed by atoms with E-state index in [0.717, 1.165) is 24.3 Å². The highest BCUT2D eigenvalue weighted by Crippen LogP contribution is 2.21. The fourth-order valence-corrected chi connectivity index (χ4v) is 2.73. The van der Waals surface area contributed by atoms with Crippen molar-refractivity contribution in [3.63, 3.8) is 0 Å². The van der Waals surface area contributed by atoms with Crippen LogP contribution < -0.4 is 5.73 Å². The molecule has 5 heteroatoms. The zero-order chi connectivity index (χ0) is 15.4. The minimum atomic E-state index is -0.337. The fourth-order valence-electron chi connectivity index (χ4n) is 2.60. The standard InChI is InChI=1S/C16H23ClN2O2/c1-11(9-12-3-5-13(17)6-4-12)19(2)16(20)15-8-7-14(10-18)21-15/h3-6,11,14-15H,7-10,18H2,1-2H3/t11?,14-,15+/m1/s1. The lowest BCUT2D eigenvalue weighted by atomic mass is 10.1. The molecule has 0 radical (unpaired) electrons. The van der Waals surface area contributed by atoms with Crippen LogP contribution in [-0.4, -0.2) is 42.6 Å². The van der Waals surface area contributed by atoms with Crippen LogP contribution in [0.5, 0.6) is 0 Å². The van der Waals surface area contributed by atoms with Gasteiger partial charge in [0.1, 0.15) is 6.10 Å². The Bertz CT molecular complexity index is 478. The Morgan fingerprint density at radius 1 is 1.43 bits per heavy atom. The van der Waals surface area contributed by atoms with Gasteiger partial charge in [0.15, 0.2) is 0 Å². The van der Waals surface area contributed by atoms with Crippen molar-refractivity contribution in [2.45, 2.75) is 44.4 Å². The van der Waals surface area contributed by atoms with Crippen molar-refractivity contribution in [3.8, 4) is 0 Å². The normalized spacial score (nSPS) is 23.0. The predicted molar refractivity (Wildman–Crippen MR) is 84.3 cm³/mol. The third-order valence-electron chi connectivity index (χ3n) is 4.10. The van der Waals surface area contributed by atoms with Crippen LogP contribution in [0.2, 0.25) is 5.02 Å². The molecule has 1 saturated heterocycles. The Balaban J connectivity index is 1.91. The van der Waals surface area contributed by atoms with E-state index in [2.05, 4.69) is 0 Å². The molecule has 0 aromatic heterocycles. The number of carbonyl (C=O) groups excluding carboxylic acids is 1. The first-order valence-electron chi connectivity index (χ1n) is 7.38. The number of nitrogens with two attached hydrogens (primary N) is 1. The summed E-state index contributed by atoms with van der Waals surface area (Å²) >= 11 is 5.88. The van der Waals surface area contributed by atoms with Crippen molar-refractivity contribution < 1.29 is 9.53 Å². The summed E-state index contributed by atoms with van der Waals surface area (Å²) in [4.78, 5) is 14.2. The van der Waals surface area contributed by atoms with Crippen LogP contribution in [0, 0.1) is 0 Å². The first kappa shape index (κ1) is 16.3. The Morgan fingerprint density at radius 3 is 2.67 bits per heavy atom. The number of benzene rings is 1. The van der Waals surface area contributed by atoms with Gasteiger partial charge in [0, 0.05) is 24.7 Å². The van der Waals surface area contributed by atoms with E-state index in [-0.39, 0.29) is 24.2 Å². The van der Waals surface area contributed by atoms with Crippen LogP contribution in [0.4, 0.5) is 0 Å². The summed E-state index contributed by atoms with van der Waals surface area (Å²) in [5, 5.41) is 0.725. The first-order valence-corrected chi connectivity index (χ1v) is 7.75. The highest BCUT2D eigenvalue weighted by atomic mass is 35.5. The van der Waals surface area contributed by atoms with Crippen molar-refractivity contribution in [2.24, 2.45) is 5.73 Å². The number of rotatable bonds is 5. The van der Waals surface area contributed by atoms with Crippen LogP contribution in [0.25, 0.3) is 0 Å². The smallest absolute Gasteiger partial charge is 0.251 e. The molecule has 1 aromatic carbocycles. The van der Waals surface area contributed by atoms with Gasteiger partial charge in [0.05, 0.1) is 6.10 Å². The lowest BCUT2D eigenvalue weighted by Gasteiger charge is -2.27. The minimum absolute atomic E-state index is 0.0268. The zero-order valence-corrected chi connectivity index (χ0v) is 13.3. The van der Waals surface area contributed by atoms with Gasteiger partial charge in [-0.3, -0.25) is 4.79 Å². The predicted octanol–water partition coefficient (Wildman–Crippen LogP) is 2.24. The molecule has 1 heterocycles. The lowest BCUT2D eigenvalue weighted by molar-refractivity contribution is -0.143. The van der Waals surface area contributed by atoms with E-state index in [0.29, 0.717) is 6.54 Å². The third kappa shape index (κ3) is 4.19. The molecule has 0 spiro atoms. The first-order chi connectivity index (χ1) is 10.0. The maximum Gasteiger partial charge on any atom is 0.251 e. The number of halogens is 1. The van der Waals surface area contributed by atoms with Gasteiger partial charge in [-0.25, -0.2) is 0 Å². The Morgan fingerprint density at radius 2 is 2.10 bits per heavy atom. The van der Waals surface area contributed by atoms with Gasteiger partial charge in [-0.05, 0) is 43.9 Å². The van der Waals surface area contributed by atoms with Crippen molar-refractivity contribution >= 4 is 17.5 Å². The molecule has 21 heavy (non-hydrogen) atoms. The van der Waals surface area contributed by atoms with Gasteiger partial charge >= 0.3 is 0 Å². The largest absolute Gasteiger partial charge is 0.364 e. The quantitative estimate of drug-likeness (QED) is 0.907. The minimum Gasteiger partial charge on any atom is -0.364 e. The number of nitrogens with zero attached hydrogens (tertiary/aromatic N) is 1. The maximum atomic E-state index is 12.4. The van der Waals surface area contributed by atoms with Crippen LogP contribution in [0.15, 0.2) is 24.3 Å². The van der Waals surface area contributed by atoms with Crippen molar-refractivity contribution in [3.05, 3.63) is 34.9 Å². The summed E-state index contributed by atoms with van der Waals surface area (Å²) in [6, 6.07) is 7.84. The van der Waals surface area contributed by atoms with Crippen LogP contribution in [-0.2, 0) is 16.0 Å². The molecule has 116 valence electrons. The van der Waals surface area contributed by atoms with E-state index in [9.17, 15) is 4.79 Å². The van der Waals surface area contributed by atoms with E-state index in [1.54, 1.807) is 4.90 Å². The fraction of sp³-hybridized carbons (Fsp3) is 0.562. The molecule has 2 N–H and O–H groups in total. The summed E-state index contributed by atoms with van der Waals surface area (Å²) in [6.45, 7) is 2.52. The molecule has 1 aromatic rings. The summed E-state index contributed by atoms with van der Waals surface area (Å²) in [7, 11) is 1.84. The Labute approximate surface area is 131 Å². The summed E-state index contributed by atoms with van der Waals surface area (Å²) in [5.74, 6) is 0.0485. The van der Waals surface area contributed by atoms with Gasteiger partial charge in [-0.2, -0.15) is 0 Å². The van der Waals surface area contributed by atoms with E-state index in [4.69, 9.17) is 22.1 Å². The van der Waals surface area contributed by atoms with E-state index >= 15 is 0 Å². The summed E-state index contributed by atoms with van der Waals surface area (Å²) in [6.07, 6.45) is 2.12. The molecule has 1 amide bonds. The average Bonchev–Trinajstić information content (AvgIpc) is 2.97. The molecular formula is C16H23ClN2O2. The van der Waals surface area contributed by atoms with Crippen LogP contribution >= 0.6 is 11.6 Å². The highest BCUT2D eigenvalue weighted by molar-refractivity contribution is 6.30. The van der Waals surface area contributed by atoms with E-state index < -0.39 is 0 Å². The van der Waals surface area contributed by atoms with Crippen molar-refractivity contribution in [1.29, 1.82) is 0 Å². The Kier molecular flexibility index (Phi) is 5.62. The molecule has 0 aliphatic carbocycles. The lowest BCUT2D eigenvalue weighted by Crippen LogP contribution is -2.43. The van der Waals surface area contributed by atoms with Gasteiger partial charge in [0.25, 0.3) is 5.91 Å². The Hall–Kier alpha value is -1.10.